The second-order valence-electron chi connectivity index (χ2n) is 12.7. The van der Waals surface area contributed by atoms with Crippen molar-refractivity contribution in [2.45, 2.75) is 6.42 Å². The molecule has 0 fully saturated rings. The summed E-state index contributed by atoms with van der Waals surface area (Å²) in [7, 11) is 0. The zero-order chi connectivity index (χ0) is 32.3. The van der Waals surface area contributed by atoms with Crippen molar-refractivity contribution < 1.29 is 0 Å². The summed E-state index contributed by atoms with van der Waals surface area (Å²) >= 11 is 0. The molecule has 0 unspecified atom stereocenters. The molecule has 3 heterocycles. The molecule has 0 saturated carbocycles. The van der Waals surface area contributed by atoms with Gasteiger partial charge in [-0.05, 0) is 76.9 Å². The van der Waals surface area contributed by atoms with Gasteiger partial charge in [-0.15, -0.1) is 0 Å². The highest BCUT2D eigenvalue weighted by Gasteiger charge is 2.27. The molecule has 2 aromatic heterocycles. The summed E-state index contributed by atoms with van der Waals surface area (Å²) in [6.45, 7) is 0. The van der Waals surface area contributed by atoms with Crippen LogP contribution in [0.2, 0.25) is 0 Å². The highest BCUT2D eigenvalue weighted by atomic mass is 15.3. The molecule has 7 aromatic carbocycles. The minimum Gasteiger partial charge on any atom is -0.309 e. The molecule has 10 rings (SSSR count). The monoisotopic (exact) mass is 626 g/mol. The van der Waals surface area contributed by atoms with Crippen molar-refractivity contribution in [3.05, 3.63) is 181 Å². The number of rotatable bonds is 4. The number of fused-ring (bicyclic) bond motifs is 6. The van der Waals surface area contributed by atoms with E-state index in [1.807, 2.05) is 12.1 Å². The van der Waals surface area contributed by atoms with Gasteiger partial charge in [0, 0.05) is 33.8 Å². The predicted molar refractivity (Wildman–Crippen MR) is 202 cm³/mol. The first kappa shape index (κ1) is 27.6. The maximum absolute atomic E-state index is 5.28. The summed E-state index contributed by atoms with van der Waals surface area (Å²) in [6.07, 6.45) is 0.838. The third kappa shape index (κ3) is 4.45. The van der Waals surface area contributed by atoms with Crippen LogP contribution in [0.15, 0.2) is 170 Å². The maximum atomic E-state index is 5.28. The number of anilines is 3. The van der Waals surface area contributed by atoms with Crippen LogP contribution in [-0.2, 0) is 6.42 Å². The number of benzene rings is 7. The number of para-hydroxylation sites is 4. The van der Waals surface area contributed by atoms with Crippen molar-refractivity contribution in [2.75, 3.05) is 4.90 Å². The van der Waals surface area contributed by atoms with E-state index < -0.39 is 0 Å². The molecule has 0 atom stereocenters. The molecule has 0 N–H and O–H groups in total. The Labute approximate surface area is 284 Å². The van der Waals surface area contributed by atoms with Crippen LogP contribution in [0, 0.1) is 0 Å². The van der Waals surface area contributed by atoms with E-state index in [0.29, 0.717) is 5.95 Å². The van der Waals surface area contributed by atoms with Crippen LogP contribution in [0.4, 0.5) is 17.3 Å². The largest absolute Gasteiger partial charge is 0.309 e. The van der Waals surface area contributed by atoms with Gasteiger partial charge in [0.2, 0.25) is 5.95 Å². The van der Waals surface area contributed by atoms with Gasteiger partial charge >= 0.3 is 0 Å². The van der Waals surface area contributed by atoms with Crippen molar-refractivity contribution in [3.8, 4) is 28.1 Å². The molecule has 0 radical (unpaired) electrons. The lowest BCUT2D eigenvalue weighted by molar-refractivity contribution is 1.03. The van der Waals surface area contributed by atoms with Gasteiger partial charge in [-0.1, -0.05) is 115 Å². The van der Waals surface area contributed by atoms with Crippen LogP contribution < -0.4 is 4.90 Å². The van der Waals surface area contributed by atoms with E-state index in [1.54, 1.807) is 0 Å². The number of hydrogen-bond acceptors (Lipinski definition) is 3. The van der Waals surface area contributed by atoms with Crippen LogP contribution in [0.25, 0.3) is 60.8 Å². The average molecular weight is 627 g/mol. The number of aromatic nitrogens is 3. The molecule has 230 valence electrons. The average Bonchev–Trinajstić information content (AvgIpc) is 3.50. The van der Waals surface area contributed by atoms with E-state index in [2.05, 4.69) is 167 Å². The molecule has 1 aliphatic heterocycles. The molecule has 0 saturated heterocycles. The topological polar surface area (TPSA) is 34.0 Å². The molecular weight excluding hydrogens is 597 g/mol. The second kappa shape index (κ2) is 11.0. The van der Waals surface area contributed by atoms with Crippen molar-refractivity contribution in [1.82, 2.24) is 14.5 Å². The standard InChI is InChI=1S/C45H30N4/c1-3-13-30(14-4-1)44-37-19-8-10-20-39(37)46-45(47-44)49-40-21-11-7-15-33(40)28-34-27-31(23-25-41(34)49)32-24-26-43-38(29-32)36-18-9-12-22-42(36)48(43)35-16-5-2-6-17-35/h1-27,29H,28H2. The lowest BCUT2D eigenvalue weighted by Gasteiger charge is -2.32. The summed E-state index contributed by atoms with van der Waals surface area (Å²) in [5.74, 6) is 0.675. The van der Waals surface area contributed by atoms with E-state index in [9.17, 15) is 0 Å². The third-order valence-electron chi connectivity index (χ3n) is 9.79. The molecule has 0 amide bonds. The van der Waals surface area contributed by atoms with E-state index in [4.69, 9.17) is 9.97 Å². The molecule has 9 aromatic rings. The Bertz CT molecular complexity index is 2690. The quantitative estimate of drug-likeness (QED) is 0.195. The first-order chi connectivity index (χ1) is 24.3. The molecule has 0 aliphatic carbocycles. The summed E-state index contributed by atoms with van der Waals surface area (Å²) in [4.78, 5) is 12.7. The summed E-state index contributed by atoms with van der Waals surface area (Å²) in [6, 6.07) is 60.4. The van der Waals surface area contributed by atoms with Gasteiger partial charge in [-0.2, -0.15) is 0 Å². The minimum absolute atomic E-state index is 0.675. The van der Waals surface area contributed by atoms with E-state index in [1.165, 1.54) is 49.7 Å². The molecule has 49 heavy (non-hydrogen) atoms. The van der Waals surface area contributed by atoms with E-state index in [0.717, 1.165) is 40.0 Å². The van der Waals surface area contributed by atoms with Crippen LogP contribution in [-0.4, -0.2) is 14.5 Å². The normalized spacial score (nSPS) is 12.4. The lowest BCUT2D eigenvalue weighted by atomic mass is 9.92. The lowest BCUT2D eigenvalue weighted by Crippen LogP contribution is -2.21. The Morgan fingerprint density at radius 1 is 0.429 bits per heavy atom. The maximum Gasteiger partial charge on any atom is 0.235 e. The molecule has 4 heteroatoms. The van der Waals surface area contributed by atoms with Crippen LogP contribution in [0.5, 0.6) is 0 Å². The SMILES string of the molecule is c1ccc(-c2nc(N3c4ccccc4Cc4cc(-c5ccc6c(c5)c5ccccc5n6-c5ccccc5)ccc43)nc3ccccc23)cc1. The van der Waals surface area contributed by atoms with Crippen molar-refractivity contribution in [1.29, 1.82) is 0 Å². The highest BCUT2D eigenvalue weighted by Crippen LogP contribution is 2.45. The van der Waals surface area contributed by atoms with Gasteiger partial charge in [-0.3, -0.25) is 4.90 Å². The van der Waals surface area contributed by atoms with Crippen LogP contribution >= 0.6 is 0 Å². The van der Waals surface area contributed by atoms with Crippen molar-refractivity contribution in [3.63, 3.8) is 0 Å². The van der Waals surface area contributed by atoms with E-state index >= 15 is 0 Å². The smallest absolute Gasteiger partial charge is 0.235 e. The van der Waals surface area contributed by atoms with Gasteiger partial charge in [0.25, 0.3) is 0 Å². The molecule has 0 spiro atoms. The zero-order valence-electron chi connectivity index (χ0n) is 26.7. The molecule has 0 bridgehead atoms. The summed E-state index contributed by atoms with van der Waals surface area (Å²) < 4.78 is 2.36. The van der Waals surface area contributed by atoms with Gasteiger partial charge < -0.3 is 4.57 Å². The third-order valence-corrected chi connectivity index (χ3v) is 9.79. The Kier molecular flexibility index (Phi) is 6.21. The second-order valence-corrected chi connectivity index (χ2v) is 12.7. The fourth-order valence-corrected chi connectivity index (χ4v) is 7.54. The molecular formula is C45H30N4. The van der Waals surface area contributed by atoms with Crippen LogP contribution in [0.1, 0.15) is 11.1 Å². The van der Waals surface area contributed by atoms with Gasteiger partial charge in [0.1, 0.15) is 0 Å². The van der Waals surface area contributed by atoms with Crippen molar-refractivity contribution in [2.24, 2.45) is 0 Å². The molecule has 4 nitrogen and oxygen atoms in total. The van der Waals surface area contributed by atoms with Crippen LogP contribution in [0.3, 0.4) is 0 Å². The number of hydrogen-bond donors (Lipinski definition) is 0. The molecule has 1 aliphatic rings. The fourth-order valence-electron chi connectivity index (χ4n) is 7.54. The van der Waals surface area contributed by atoms with E-state index in [-0.39, 0.29) is 0 Å². The number of nitrogens with zero attached hydrogens (tertiary/aromatic N) is 4. The first-order valence-corrected chi connectivity index (χ1v) is 16.7. The van der Waals surface area contributed by atoms with Gasteiger partial charge in [0.05, 0.1) is 33.6 Å². The predicted octanol–water partition coefficient (Wildman–Crippen LogP) is 11.4. The Morgan fingerprint density at radius 2 is 1.08 bits per heavy atom. The first-order valence-electron chi connectivity index (χ1n) is 16.7. The summed E-state index contributed by atoms with van der Waals surface area (Å²) in [5.41, 5.74) is 13.7. The zero-order valence-corrected chi connectivity index (χ0v) is 26.7. The Balaban J connectivity index is 1.13. The van der Waals surface area contributed by atoms with Gasteiger partial charge in [-0.25, -0.2) is 9.97 Å². The minimum atomic E-state index is 0.675. The Morgan fingerprint density at radius 3 is 1.96 bits per heavy atom. The highest BCUT2D eigenvalue weighted by molar-refractivity contribution is 6.10. The Hall–Kier alpha value is -6.52. The van der Waals surface area contributed by atoms with Crippen molar-refractivity contribution >= 4 is 50.0 Å². The van der Waals surface area contributed by atoms with Gasteiger partial charge in [0.15, 0.2) is 0 Å². The summed E-state index contributed by atoms with van der Waals surface area (Å²) in [5, 5.41) is 3.55. The fraction of sp³-hybridized carbons (Fsp3) is 0.0222.